The van der Waals surface area contributed by atoms with Crippen LogP contribution in [0.2, 0.25) is 0 Å². The van der Waals surface area contributed by atoms with Crippen LogP contribution in [-0.2, 0) is 6.42 Å². The molecule has 1 saturated heterocycles. The van der Waals surface area contributed by atoms with Crippen LogP contribution in [0.5, 0.6) is 0 Å². The Morgan fingerprint density at radius 3 is 2.72 bits per heavy atom. The van der Waals surface area contributed by atoms with Crippen molar-refractivity contribution in [3.8, 4) is 0 Å². The van der Waals surface area contributed by atoms with Gasteiger partial charge < -0.3 is 5.32 Å². The second-order valence-electron chi connectivity index (χ2n) is 5.80. The summed E-state index contributed by atoms with van der Waals surface area (Å²) in [5.74, 6) is 0.939. The number of piperidine rings is 1. The van der Waals surface area contributed by atoms with Gasteiger partial charge in [0.15, 0.2) is 0 Å². The third kappa shape index (κ3) is 3.56. The molecule has 1 aliphatic carbocycles. The Balaban J connectivity index is 1.48. The molecule has 2 nitrogen and oxygen atoms in total. The summed E-state index contributed by atoms with van der Waals surface area (Å²) >= 11 is 1.82. The Labute approximate surface area is 114 Å². The maximum atomic E-state index is 3.47. The van der Waals surface area contributed by atoms with Gasteiger partial charge in [-0.15, -0.1) is 0 Å². The molecule has 1 aromatic heterocycles. The van der Waals surface area contributed by atoms with Crippen molar-refractivity contribution in [1.29, 1.82) is 0 Å². The highest BCUT2D eigenvalue weighted by Crippen LogP contribution is 2.29. The second-order valence-corrected chi connectivity index (χ2v) is 6.58. The highest BCUT2D eigenvalue weighted by atomic mass is 32.1. The summed E-state index contributed by atoms with van der Waals surface area (Å²) in [6, 6.07) is 3.19. The van der Waals surface area contributed by atoms with Gasteiger partial charge in [0.2, 0.25) is 0 Å². The molecule has 0 unspecified atom stereocenters. The molecule has 18 heavy (non-hydrogen) atoms. The second kappa shape index (κ2) is 6.18. The minimum Gasteiger partial charge on any atom is -0.317 e. The average molecular weight is 264 g/mol. The molecule has 2 heterocycles. The third-order valence-corrected chi connectivity index (χ3v) is 5.01. The lowest BCUT2D eigenvalue weighted by molar-refractivity contribution is 0.199. The summed E-state index contributed by atoms with van der Waals surface area (Å²) in [5, 5.41) is 7.97. The van der Waals surface area contributed by atoms with Gasteiger partial charge in [0, 0.05) is 19.1 Å². The summed E-state index contributed by atoms with van der Waals surface area (Å²) in [6.07, 6.45) is 6.87. The Hall–Kier alpha value is -0.380. The summed E-state index contributed by atoms with van der Waals surface area (Å²) in [7, 11) is 0. The minimum absolute atomic E-state index is 0.915. The van der Waals surface area contributed by atoms with E-state index in [9.17, 15) is 0 Å². The number of nitrogens with one attached hydrogen (secondary N) is 1. The maximum Gasteiger partial charge on any atom is 0.00966 e. The molecular weight excluding hydrogens is 240 g/mol. The molecule has 0 bridgehead atoms. The lowest BCUT2D eigenvalue weighted by atomic mass is 9.97. The van der Waals surface area contributed by atoms with E-state index < -0.39 is 0 Å². The molecule has 3 heteroatoms. The van der Waals surface area contributed by atoms with Gasteiger partial charge in [0.25, 0.3) is 0 Å². The Kier molecular flexibility index (Phi) is 4.34. The predicted molar refractivity (Wildman–Crippen MR) is 78.2 cm³/mol. The van der Waals surface area contributed by atoms with Crippen LogP contribution in [-0.4, -0.2) is 37.1 Å². The van der Waals surface area contributed by atoms with E-state index in [4.69, 9.17) is 0 Å². The topological polar surface area (TPSA) is 15.3 Å². The van der Waals surface area contributed by atoms with Crippen LogP contribution >= 0.6 is 11.3 Å². The van der Waals surface area contributed by atoms with E-state index in [1.54, 1.807) is 0 Å². The zero-order valence-corrected chi connectivity index (χ0v) is 11.9. The maximum absolute atomic E-state index is 3.47. The Morgan fingerprint density at radius 2 is 2.06 bits per heavy atom. The van der Waals surface area contributed by atoms with Gasteiger partial charge in [0.1, 0.15) is 0 Å². The van der Waals surface area contributed by atoms with Crippen LogP contribution < -0.4 is 5.32 Å². The molecule has 2 fully saturated rings. The normalized spacial score (nSPS) is 21.6. The first-order valence-corrected chi connectivity index (χ1v) is 8.32. The van der Waals surface area contributed by atoms with E-state index in [1.165, 1.54) is 63.8 Å². The number of rotatable bonds is 6. The molecule has 2 aliphatic rings. The summed E-state index contributed by atoms with van der Waals surface area (Å²) in [6.45, 7) is 5.07. The van der Waals surface area contributed by atoms with E-state index in [0.29, 0.717) is 0 Å². The van der Waals surface area contributed by atoms with Crippen molar-refractivity contribution in [2.45, 2.75) is 38.1 Å². The van der Waals surface area contributed by atoms with E-state index >= 15 is 0 Å². The van der Waals surface area contributed by atoms with E-state index in [0.717, 1.165) is 12.0 Å². The van der Waals surface area contributed by atoms with E-state index in [-0.39, 0.29) is 0 Å². The lowest BCUT2D eigenvalue weighted by Gasteiger charge is -2.30. The van der Waals surface area contributed by atoms with Gasteiger partial charge in [-0.2, -0.15) is 11.3 Å². The first-order chi connectivity index (χ1) is 8.92. The standard InChI is InChI=1S/C15H24N2S/c1-2-15(1)17(9-5-14-6-10-18-12-14)11-13-3-7-16-8-4-13/h6,10,12-13,15-16H,1-5,7-9,11H2. The molecule has 3 rings (SSSR count). The largest absolute Gasteiger partial charge is 0.317 e. The van der Waals surface area contributed by atoms with Crippen molar-refractivity contribution in [3.63, 3.8) is 0 Å². The lowest BCUT2D eigenvalue weighted by Crippen LogP contribution is -2.38. The first-order valence-electron chi connectivity index (χ1n) is 7.37. The number of hydrogen-bond acceptors (Lipinski definition) is 3. The highest BCUT2D eigenvalue weighted by Gasteiger charge is 2.30. The molecule has 0 amide bonds. The molecular formula is C15H24N2S. The molecule has 0 aromatic carbocycles. The van der Waals surface area contributed by atoms with Gasteiger partial charge in [-0.25, -0.2) is 0 Å². The van der Waals surface area contributed by atoms with Gasteiger partial charge in [-0.05, 0) is 73.5 Å². The number of hydrogen-bond donors (Lipinski definition) is 1. The fourth-order valence-corrected chi connectivity index (χ4v) is 3.67. The van der Waals surface area contributed by atoms with E-state index in [1.807, 2.05) is 11.3 Å². The van der Waals surface area contributed by atoms with Crippen molar-refractivity contribution < 1.29 is 0 Å². The SMILES string of the molecule is c1cc(CCN(CC2CCNCC2)C2CC2)cs1. The molecule has 1 aromatic rings. The molecule has 1 N–H and O–H groups in total. The van der Waals surface area contributed by atoms with Crippen molar-refractivity contribution in [2.24, 2.45) is 5.92 Å². The van der Waals surface area contributed by atoms with Gasteiger partial charge in [0.05, 0.1) is 0 Å². The highest BCUT2D eigenvalue weighted by molar-refractivity contribution is 7.07. The van der Waals surface area contributed by atoms with Gasteiger partial charge >= 0.3 is 0 Å². The van der Waals surface area contributed by atoms with Crippen LogP contribution in [0.3, 0.4) is 0 Å². The van der Waals surface area contributed by atoms with Crippen LogP contribution in [0.4, 0.5) is 0 Å². The van der Waals surface area contributed by atoms with Crippen molar-refractivity contribution in [1.82, 2.24) is 10.2 Å². The molecule has 0 spiro atoms. The predicted octanol–water partition coefficient (Wildman–Crippen LogP) is 2.75. The molecule has 100 valence electrons. The Morgan fingerprint density at radius 1 is 1.22 bits per heavy atom. The third-order valence-electron chi connectivity index (χ3n) is 4.28. The molecule has 0 atom stereocenters. The molecule has 1 aliphatic heterocycles. The van der Waals surface area contributed by atoms with Crippen molar-refractivity contribution >= 4 is 11.3 Å². The monoisotopic (exact) mass is 264 g/mol. The van der Waals surface area contributed by atoms with Crippen molar-refractivity contribution in [2.75, 3.05) is 26.2 Å². The zero-order chi connectivity index (χ0) is 12.2. The smallest absolute Gasteiger partial charge is 0.00966 e. The Bertz CT molecular complexity index is 339. The van der Waals surface area contributed by atoms with Gasteiger partial charge in [-0.3, -0.25) is 4.90 Å². The molecule has 1 saturated carbocycles. The van der Waals surface area contributed by atoms with Crippen LogP contribution in [0.25, 0.3) is 0 Å². The molecule has 0 radical (unpaired) electrons. The van der Waals surface area contributed by atoms with Crippen LogP contribution in [0, 0.1) is 5.92 Å². The van der Waals surface area contributed by atoms with Crippen LogP contribution in [0.15, 0.2) is 16.8 Å². The fraction of sp³-hybridized carbons (Fsp3) is 0.733. The van der Waals surface area contributed by atoms with E-state index in [2.05, 4.69) is 27.0 Å². The van der Waals surface area contributed by atoms with Crippen molar-refractivity contribution in [3.05, 3.63) is 22.4 Å². The van der Waals surface area contributed by atoms with Gasteiger partial charge in [-0.1, -0.05) is 0 Å². The zero-order valence-electron chi connectivity index (χ0n) is 11.1. The summed E-state index contributed by atoms with van der Waals surface area (Å²) in [4.78, 5) is 2.77. The minimum atomic E-state index is 0.915. The summed E-state index contributed by atoms with van der Waals surface area (Å²) < 4.78 is 0. The average Bonchev–Trinajstić information content (AvgIpc) is 3.12. The summed E-state index contributed by atoms with van der Waals surface area (Å²) in [5.41, 5.74) is 1.52. The fourth-order valence-electron chi connectivity index (χ4n) is 2.97. The number of nitrogens with zero attached hydrogens (tertiary/aromatic N) is 1. The first kappa shape index (κ1) is 12.6. The number of thiophene rings is 1. The quantitative estimate of drug-likeness (QED) is 0.850. The van der Waals surface area contributed by atoms with Crippen LogP contribution in [0.1, 0.15) is 31.2 Å².